The molecule has 0 saturated heterocycles. The lowest BCUT2D eigenvalue weighted by Crippen LogP contribution is -2.40. The normalized spacial score (nSPS) is 13.2. The van der Waals surface area contributed by atoms with Crippen LogP contribution in [0.15, 0.2) is 77.7 Å². The van der Waals surface area contributed by atoms with E-state index in [0.29, 0.717) is 12.8 Å². The molecule has 204 valence electrons. The number of nitrogens with one attached hydrogen (secondary N) is 2. The number of hydrogen-bond acceptors (Lipinski definition) is 7. The van der Waals surface area contributed by atoms with Gasteiger partial charge in [0.05, 0.1) is 9.82 Å². The number of carboxylic acids is 1. The molecule has 0 aromatic heterocycles. The Morgan fingerprint density at radius 2 is 1.54 bits per heavy atom. The molecule has 1 atom stereocenters. The van der Waals surface area contributed by atoms with Gasteiger partial charge in [-0.1, -0.05) is 48.5 Å². The van der Waals surface area contributed by atoms with Crippen LogP contribution in [0, 0.1) is 10.1 Å². The van der Waals surface area contributed by atoms with Gasteiger partial charge in [-0.3, -0.25) is 14.9 Å². The van der Waals surface area contributed by atoms with E-state index in [-0.39, 0.29) is 36.1 Å². The van der Waals surface area contributed by atoms with Crippen LogP contribution in [0.4, 0.5) is 10.5 Å². The van der Waals surface area contributed by atoms with Crippen LogP contribution in [0.3, 0.4) is 0 Å². The van der Waals surface area contributed by atoms with E-state index in [1.165, 1.54) is 0 Å². The fraction of sp³-hybridized carbons (Fsp3) is 0.259. The first-order valence-corrected chi connectivity index (χ1v) is 13.7. The van der Waals surface area contributed by atoms with Crippen molar-refractivity contribution in [2.24, 2.45) is 0 Å². The third-order valence-electron chi connectivity index (χ3n) is 6.49. The Hall–Kier alpha value is -4.29. The van der Waals surface area contributed by atoms with Gasteiger partial charge in [0.25, 0.3) is 5.69 Å². The predicted molar refractivity (Wildman–Crippen MR) is 142 cm³/mol. The molecule has 0 fully saturated rings. The molecule has 0 spiro atoms. The Labute approximate surface area is 225 Å². The fourth-order valence-electron chi connectivity index (χ4n) is 4.55. The van der Waals surface area contributed by atoms with Crippen molar-refractivity contribution in [3.8, 4) is 11.1 Å². The number of nitrogens with zero attached hydrogens (tertiary/aromatic N) is 1. The fourth-order valence-corrected chi connectivity index (χ4v) is 5.77. The molecule has 11 nitrogen and oxygen atoms in total. The summed E-state index contributed by atoms with van der Waals surface area (Å²) in [6.45, 7) is 0.392. The minimum Gasteiger partial charge on any atom is -0.480 e. The second kappa shape index (κ2) is 12.0. The van der Waals surface area contributed by atoms with Gasteiger partial charge in [-0.05, 0) is 53.6 Å². The minimum absolute atomic E-state index is 0.0199. The highest BCUT2D eigenvalue weighted by atomic mass is 32.2. The highest BCUT2D eigenvalue weighted by molar-refractivity contribution is 7.89. The highest BCUT2D eigenvalue weighted by Crippen LogP contribution is 2.44. The number of non-ortho nitro benzene ring substituents is 1. The summed E-state index contributed by atoms with van der Waals surface area (Å²) in [5.74, 6) is -1.42. The zero-order valence-corrected chi connectivity index (χ0v) is 21.6. The second-order valence-electron chi connectivity index (χ2n) is 9.01. The number of alkyl carbamates (subject to hydrolysis) is 1. The minimum atomic E-state index is -4.20. The summed E-state index contributed by atoms with van der Waals surface area (Å²) >= 11 is 0. The lowest BCUT2D eigenvalue weighted by atomic mass is 9.98. The number of carboxylic acid groups (broad SMARTS) is 1. The van der Waals surface area contributed by atoms with Crippen molar-refractivity contribution < 1.29 is 32.8 Å². The van der Waals surface area contributed by atoms with Crippen molar-refractivity contribution in [1.29, 1.82) is 0 Å². The average Bonchev–Trinajstić information content (AvgIpc) is 3.24. The van der Waals surface area contributed by atoms with E-state index in [2.05, 4.69) is 10.0 Å². The molecule has 39 heavy (non-hydrogen) atoms. The van der Waals surface area contributed by atoms with E-state index < -0.39 is 33.1 Å². The molecule has 0 heterocycles. The number of unbranched alkanes of at least 4 members (excludes halogenated alkanes) is 1. The largest absolute Gasteiger partial charge is 0.480 e. The number of aliphatic carboxylic acids is 1. The average molecular weight is 554 g/mol. The Balaban J connectivity index is 1.22. The number of nitro groups is 1. The summed E-state index contributed by atoms with van der Waals surface area (Å²) in [4.78, 5) is 33.7. The Kier molecular flexibility index (Phi) is 8.57. The first-order valence-electron chi connectivity index (χ1n) is 12.3. The third-order valence-corrected chi connectivity index (χ3v) is 7.97. The molecule has 1 aliphatic carbocycles. The molecule has 12 heteroatoms. The molecule has 1 amide bonds. The maximum absolute atomic E-state index is 12.5. The van der Waals surface area contributed by atoms with Crippen molar-refractivity contribution in [1.82, 2.24) is 10.0 Å². The molecule has 1 aliphatic rings. The summed E-state index contributed by atoms with van der Waals surface area (Å²) in [5, 5.41) is 22.9. The summed E-state index contributed by atoms with van der Waals surface area (Å²) < 4.78 is 32.6. The van der Waals surface area contributed by atoms with Crippen LogP contribution in [-0.2, 0) is 19.6 Å². The van der Waals surface area contributed by atoms with E-state index in [4.69, 9.17) is 4.74 Å². The number of ether oxygens (including phenoxy) is 1. The maximum atomic E-state index is 12.5. The summed E-state index contributed by atoms with van der Waals surface area (Å²) in [7, 11) is -4.20. The zero-order valence-electron chi connectivity index (χ0n) is 20.8. The van der Waals surface area contributed by atoms with Crippen LogP contribution in [0.2, 0.25) is 0 Å². The molecular weight excluding hydrogens is 526 g/mol. The van der Waals surface area contributed by atoms with E-state index in [1.807, 2.05) is 48.5 Å². The number of carbonyl (C=O) groups is 2. The van der Waals surface area contributed by atoms with Gasteiger partial charge in [-0.15, -0.1) is 0 Å². The molecule has 3 N–H and O–H groups in total. The molecule has 0 unspecified atom stereocenters. The Morgan fingerprint density at radius 3 is 2.10 bits per heavy atom. The van der Waals surface area contributed by atoms with Gasteiger partial charge in [0.15, 0.2) is 0 Å². The van der Waals surface area contributed by atoms with Crippen molar-refractivity contribution in [3.63, 3.8) is 0 Å². The van der Waals surface area contributed by atoms with Crippen LogP contribution in [0.1, 0.15) is 36.3 Å². The van der Waals surface area contributed by atoms with Crippen LogP contribution >= 0.6 is 0 Å². The van der Waals surface area contributed by atoms with Gasteiger partial charge in [0.2, 0.25) is 10.0 Å². The molecular formula is C27H27N3O8S. The predicted octanol–water partition coefficient (Wildman–Crippen LogP) is 4.04. The molecule has 0 radical (unpaired) electrons. The van der Waals surface area contributed by atoms with Gasteiger partial charge < -0.3 is 15.2 Å². The third kappa shape index (κ3) is 6.59. The zero-order chi connectivity index (χ0) is 28.0. The molecule has 3 aromatic rings. The van der Waals surface area contributed by atoms with Crippen molar-refractivity contribution in [2.75, 3.05) is 13.2 Å². The van der Waals surface area contributed by atoms with Gasteiger partial charge in [0, 0.05) is 24.6 Å². The molecule has 0 saturated carbocycles. The van der Waals surface area contributed by atoms with Crippen LogP contribution in [0.5, 0.6) is 0 Å². The first kappa shape index (κ1) is 27.7. The number of sulfonamides is 1. The van der Waals surface area contributed by atoms with E-state index in [9.17, 15) is 33.2 Å². The number of fused-ring (bicyclic) bond motifs is 3. The molecule has 3 aromatic carbocycles. The van der Waals surface area contributed by atoms with Crippen LogP contribution < -0.4 is 10.0 Å². The van der Waals surface area contributed by atoms with Crippen molar-refractivity contribution in [2.45, 2.75) is 36.1 Å². The van der Waals surface area contributed by atoms with Crippen molar-refractivity contribution >= 4 is 27.8 Å². The lowest BCUT2D eigenvalue weighted by Gasteiger charge is -2.16. The first-order chi connectivity index (χ1) is 18.7. The Bertz CT molecular complexity index is 1430. The molecule has 0 aliphatic heterocycles. The lowest BCUT2D eigenvalue weighted by molar-refractivity contribution is -0.384. The Morgan fingerprint density at radius 1 is 0.949 bits per heavy atom. The maximum Gasteiger partial charge on any atom is 0.407 e. The summed E-state index contributed by atoms with van der Waals surface area (Å²) in [6, 6.07) is 18.7. The number of benzene rings is 3. The summed E-state index contributed by atoms with van der Waals surface area (Å²) in [5.41, 5.74) is 4.16. The van der Waals surface area contributed by atoms with Gasteiger partial charge in [-0.2, -0.15) is 4.72 Å². The molecule has 0 bridgehead atoms. The second-order valence-corrected chi connectivity index (χ2v) is 10.7. The van der Waals surface area contributed by atoms with E-state index in [0.717, 1.165) is 46.5 Å². The van der Waals surface area contributed by atoms with E-state index >= 15 is 0 Å². The quantitative estimate of drug-likeness (QED) is 0.172. The van der Waals surface area contributed by atoms with Crippen molar-refractivity contribution in [3.05, 3.63) is 94.0 Å². The van der Waals surface area contributed by atoms with Crippen LogP contribution in [0.25, 0.3) is 11.1 Å². The smallest absolute Gasteiger partial charge is 0.407 e. The number of amides is 1. The number of hydrogen-bond donors (Lipinski definition) is 3. The number of carbonyl (C=O) groups excluding carboxylic acids is 1. The number of rotatable bonds is 12. The standard InChI is InChI=1S/C27H27N3O8S/c31-26(32)25(29-39(36,37)19-14-12-18(13-15-19)30(34)35)11-5-6-16-28-27(33)38-17-24-22-9-3-1-7-20(22)21-8-2-4-10-23(21)24/h1-4,7-10,12-15,24-25,29H,5-6,11,16-17H2,(H,28,33)(H,31,32)/t25-/m0/s1. The topological polar surface area (TPSA) is 165 Å². The monoisotopic (exact) mass is 553 g/mol. The molecule has 4 rings (SSSR count). The van der Waals surface area contributed by atoms with E-state index in [1.54, 1.807) is 0 Å². The van der Waals surface area contributed by atoms with Gasteiger partial charge in [0.1, 0.15) is 12.6 Å². The summed E-state index contributed by atoms with van der Waals surface area (Å²) in [6.07, 6.45) is 0.0930. The number of nitro benzene ring substituents is 1. The highest BCUT2D eigenvalue weighted by Gasteiger charge is 2.29. The van der Waals surface area contributed by atoms with Crippen LogP contribution in [-0.4, -0.2) is 49.7 Å². The SMILES string of the molecule is O=C(NCCCC[C@H](NS(=O)(=O)c1ccc([N+](=O)[O-])cc1)C(=O)O)OCC1c2ccccc2-c2ccccc21. The van der Waals surface area contributed by atoms with Gasteiger partial charge >= 0.3 is 12.1 Å². The van der Waals surface area contributed by atoms with Gasteiger partial charge in [-0.25, -0.2) is 13.2 Å².